The Labute approximate surface area is 271 Å². The molecular weight excluding hydrogens is 574 g/mol. The zero-order valence-electron chi connectivity index (χ0n) is 25.9. The molecule has 1 heterocycles. The molecule has 0 aromatic heterocycles. The van der Waals surface area contributed by atoms with Crippen molar-refractivity contribution < 1.29 is 23.7 Å². The van der Waals surface area contributed by atoms with Crippen LogP contribution in [0.1, 0.15) is 22.3 Å². The number of ether oxygens (including phenoxy) is 5. The molecule has 6 nitrogen and oxygen atoms in total. The van der Waals surface area contributed by atoms with E-state index in [0.29, 0.717) is 33.0 Å². The number of benzene rings is 5. The summed E-state index contributed by atoms with van der Waals surface area (Å²) in [6.45, 7) is 1.98. The second kappa shape index (κ2) is 16.9. The van der Waals surface area contributed by atoms with E-state index in [1.807, 2.05) is 103 Å². The molecule has 5 aromatic carbocycles. The van der Waals surface area contributed by atoms with Crippen molar-refractivity contribution in [2.75, 3.05) is 11.9 Å². The molecule has 0 amide bonds. The standard InChI is InChI=1S/C40H41NO5/c1-6-16-31(17-7-1)26-42-30-36-37(43-27-32-18-8-2-9-19-32)38(44-28-33-20-10-3-11-21-33)39(45-29-34-22-12-4-13-23-34)40(46-36)41-35-24-14-5-15-25-35/h1-25,36-41H,26-30H2/t36-,37-,38+,39-,40?/m1/s1. The van der Waals surface area contributed by atoms with Crippen molar-refractivity contribution in [1.29, 1.82) is 0 Å². The van der Waals surface area contributed by atoms with Crippen molar-refractivity contribution >= 4 is 5.69 Å². The first-order valence-electron chi connectivity index (χ1n) is 15.9. The Morgan fingerprint density at radius 1 is 0.435 bits per heavy atom. The largest absolute Gasteiger partial charge is 0.374 e. The van der Waals surface area contributed by atoms with Crippen LogP contribution in [0.15, 0.2) is 152 Å². The average Bonchev–Trinajstić information content (AvgIpc) is 3.12. The summed E-state index contributed by atoms with van der Waals surface area (Å²) in [7, 11) is 0. The third kappa shape index (κ3) is 9.13. The molecule has 1 aliphatic rings. The van der Waals surface area contributed by atoms with Crippen LogP contribution in [-0.2, 0) is 50.1 Å². The predicted molar refractivity (Wildman–Crippen MR) is 180 cm³/mol. The molecule has 1 saturated heterocycles. The van der Waals surface area contributed by atoms with Crippen LogP contribution in [0.3, 0.4) is 0 Å². The number of para-hydroxylation sites is 1. The van der Waals surface area contributed by atoms with Gasteiger partial charge in [-0.05, 0) is 34.4 Å². The molecule has 5 atom stereocenters. The first-order valence-corrected chi connectivity index (χ1v) is 15.9. The third-order valence-corrected chi connectivity index (χ3v) is 7.97. The van der Waals surface area contributed by atoms with E-state index < -0.39 is 30.6 Å². The lowest BCUT2D eigenvalue weighted by Gasteiger charge is -2.46. The third-order valence-electron chi connectivity index (χ3n) is 7.97. The van der Waals surface area contributed by atoms with Crippen molar-refractivity contribution in [3.05, 3.63) is 174 Å². The summed E-state index contributed by atoms with van der Waals surface area (Å²) in [6.07, 6.45) is -2.43. The maximum absolute atomic E-state index is 6.85. The SMILES string of the molecule is c1ccc(COC[C@H]2OC(Nc3ccccc3)[C@H](OCc3ccccc3)[C@@H](OCc3ccccc3)[C@@H]2OCc2ccccc2)cc1. The fourth-order valence-electron chi connectivity index (χ4n) is 5.60. The van der Waals surface area contributed by atoms with Gasteiger partial charge in [0.1, 0.15) is 24.4 Å². The predicted octanol–water partition coefficient (Wildman–Crippen LogP) is 7.80. The molecular formula is C40H41NO5. The molecule has 46 heavy (non-hydrogen) atoms. The smallest absolute Gasteiger partial charge is 0.157 e. The molecule has 6 heteroatoms. The van der Waals surface area contributed by atoms with E-state index in [1.54, 1.807) is 0 Å². The summed E-state index contributed by atoms with van der Waals surface area (Å²) in [5, 5.41) is 3.59. The van der Waals surface area contributed by atoms with Gasteiger partial charge in [-0.3, -0.25) is 0 Å². The summed E-state index contributed by atoms with van der Waals surface area (Å²) in [5.74, 6) is 0. The van der Waals surface area contributed by atoms with Gasteiger partial charge in [-0.1, -0.05) is 140 Å². The molecule has 1 fully saturated rings. The Balaban J connectivity index is 1.31. The first kappa shape index (κ1) is 31.7. The van der Waals surface area contributed by atoms with Crippen LogP contribution >= 0.6 is 0 Å². The quantitative estimate of drug-likeness (QED) is 0.130. The minimum atomic E-state index is -0.534. The number of hydrogen-bond donors (Lipinski definition) is 1. The molecule has 0 spiro atoms. The average molecular weight is 616 g/mol. The zero-order chi connectivity index (χ0) is 31.2. The minimum absolute atomic E-state index is 0.317. The van der Waals surface area contributed by atoms with Gasteiger partial charge in [0.15, 0.2) is 6.23 Å². The van der Waals surface area contributed by atoms with Crippen molar-refractivity contribution in [3.63, 3.8) is 0 Å². The fourth-order valence-corrected chi connectivity index (χ4v) is 5.60. The second-order valence-corrected chi connectivity index (χ2v) is 11.4. The summed E-state index contributed by atoms with van der Waals surface area (Å²) >= 11 is 0. The fraction of sp³-hybridized carbons (Fsp3) is 0.250. The molecule has 5 aromatic rings. The highest BCUT2D eigenvalue weighted by atomic mass is 16.6. The first-order chi connectivity index (χ1) is 22.8. The Morgan fingerprint density at radius 3 is 1.30 bits per heavy atom. The highest BCUT2D eigenvalue weighted by molar-refractivity contribution is 5.43. The summed E-state index contributed by atoms with van der Waals surface area (Å²) in [6, 6.07) is 50.7. The Bertz CT molecular complexity index is 1540. The normalized spacial score (nSPS) is 21.1. The molecule has 0 bridgehead atoms. The maximum atomic E-state index is 6.85. The lowest BCUT2D eigenvalue weighted by atomic mass is 9.96. The number of rotatable bonds is 15. The highest BCUT2D eigenvalue weighted by Crippen LogP contribution is 2.32. The van der Waals surface area contributed by atoms with Gasteiger partial charge in [0.05, 0.1) is 33.0 Å². The van der Waals surface area contributed by atoms with E-state index in [-0.39, 0.29) is 0 Å². The van der Waals surface area contributed by atoms with Crippen LogP contribution < -0.4 is 5.32 Å². The van der Waals surface area contributed by atoms with Gasteiger partial charge >= 0.3 is 0 Å². The molecule has 1 unspecified atom stereocenters. The number of hydrogen-bond acceptors (Lipinski definition) is 6. The van der Waals surface area contributed by atoms with Gasteiger partial charge in [0, 0.05) is 5.69 Å². The van der Waals surface area contributed by atoms with Gasteiger partial charge in [-0.2, -0.15) is 0 Å². The van der Waals surface area contributed by atoms with Crippen LogP contribution in [-0.4, -0.2) is 37.3 Å². The van der Waals surface area contributed by atoms with E-state index in [9.17, 15) is 0 Å². The van der Waals surface area contributed by atoms with Crippen LogP contribution in [0.5, 0.6) is 0 Å². The van der Waals surface area contributed by atoms with E-state index >= 15 is 0 Å². The molecule has 0 radical (unpaired) electrons. The lowest BCUT2D eigenvalue weighted by molar-refractivity contribution is -0.267. The Kier molecular flexibility index (Phi) is 11.6. The van der Waals surface area contributed by atoms with E-state index in [4.69, 9.17) is 23.7 Å². The molecule has 0 saturated carbocycles. The van der Waals surface area contributed by atoms with Crippen LogP contribution in [0.2, 0.25) is 0 Å². The lowest BCUT2D eigenvalue weighted by Crippen LogP contribution is -2.63. The summed E-state index contributed by atoms with van der Waals surface area (Å²) < 4.78 is 33.4. The Hall–Kier alpha value is -4.30. The van der Waals surface area contributed by atoms with Crippen LogP contribution in [0.25, 0.3) is 0 Å². The summed E-state index contributed by atoms with van der Waals surface area (Å²) in [5.41, 5.74) is 5.23. The van der Waals surface area contributed by atoms with Gasteiger partial charge in [-0.15, -0.1) is 0 Å². The van der Waals surface area contributed by atoms with Gasteiger partial charge in [0.2, 0.25) is 0 Å². The van der Waals surface area contributed by atoms with Crippen molar-refractivity contribution in [2.45, 2.75) is 57.1 Å². The van der Waals surface area contributed by atoms with Crippen molar-refractivity contribution in [2.24, 2.45) is 0 Å². The van der Waals surface area contributed by atoms with Gasteiger partial charge in [0.25, 0.3) is 0 Å². The number of anilines is 1. The molecule has 6 rings (SSSR count). The van der Waals surface area contributed by atoms with E-state index in [2.05, 4.69) is 53.8 Å². The van der Waals surface area contributed by atoms with Crippen molar-refractivity contribution in [1.82, 2.24) is 0 Å². The second-order valence-electron chi connectivity index (χ2n) is 11.4. The van der Waals surface area contributed by atoms with Crippen molar-refractivity contribution in [3.8, 4) is 0 Å². The topological polar surface area (TPSA) is 58.2 Å². The van der Waals surface area contributed by atoms with Crippen LogP contribution in [0, 0.1) is 0 Å². The monoisotopic (exact) mass is 615 g/mol. The molecule has 236 valence electrons. The van der Waals surface area contributed by atoms with Crippen LogP contribution in [0.4, 0.5) is 5.69 Å². The van der Waals surface area contributed by atoms with E-state index in [0.717, 1.165) is 27.9 Å². The Morgan fingerprint density at radius 2 is 0.826 bits per heavy atom. The van der Waals surface area contributed by atoms with E-state index in [1.165, 1.54) is 0 Å². The molecule has 1 N–H and O–H groups in total. The summed E-state index contributed by atoms with van der Waals surface area (Å²) in [4.78, 5) is 0. The maximum Gasteiger partial charge on any atom is 0.157 e. The van der Waals surface area contributed by atoms with Gasteiger partial charge in [-0.25, -0.2) is 0 Å². The highest BCUT2D eigenvalue weighted by Gasteiger charge is 2.48. The minimum Gasteiger partial charge on any atom is -0.374 e. The molecule has 0 aliphatic carbocycles. The molecule has 1 aliphatic heterocycles. The van der Waals surface area contributed by atoms with Gasteiger partial charge < -0.3 is 29.0 Å². The number of nitrogens with one attached hydrogen (secondary N) is 1. The zero-order valence-corrected chi connectivity index (χ0v) is 25.9.